The first-order chi connectivity index (χ1) is 14.5. The van der Waals surface area contributed by atoms with Crippen LogP contribution in [0.3, 0.4) is 0 Å². The summed E-state index contributed by atoms with van der Waals surface area (Å²) in [5.74, 6) is -0.844. The molecule has 0 radical (unpaired) electrons. The van der Waals surface area contributed by atoms with E-state index >= 15 is 0 Å². The third-order valence-corrected chi connectivity index (χ3v) is 7.28. The highest BCUT2D eigenvalue weighted by Gasteiger charge is 2.82. The minimum Gasteiger partial charge on any atom is -0.459 e. The number of nitriles is 3. The average molecular weight is 409 g/mol. The highest BCUT2D eigenvalue weighted by molar-refractivity contribution is 5.91. The van der Waals surface area contributed by atoms with Crippen molar-refractivity contribution in [3.05, 3.63) is 70.8 Å². The summed E-state index contributed by atoms with van der Waals surface area (Å²) in [5, 5.41) is 31.9. The van der Waals surface area contributed by atoms with Gasteiger partial charge in [-0.3, -0.25) is 4.79 Å². The average Bonchev–Trinajstić information content (AvgIpc) is 2.74. The molecule has 3 aliphatic rings. The van der Waals surface area contributed by atoms with E-state index in [1.807, 2.05) is 48.5 Å². The topological polar surface area (TPSA) is 97.7 Å². The van der Waals surface area contributed by atoms with Crippen LogP contribution in [0.2, 0.25) is 0 Å². The molecule has 0 aliphatic heterocycles. The van der Waals surface area contributed by atoms with Gasteiger partial charge in [-0.25, -0.2) is 0 Å². The molecule has 0 spiro atoms. The van der Waals surface area contributed by atoms with Gasteiger partial charge in [0.1, 0.15) is 5.60 Å². The minimum absolute atomic E-state index is 0.768. The first-order valence-electron chi connectivity index (χ1n) is 10.2. The van der Waals surface area contributed by atoms with Crippen molar-refractivity contribution < 1.29 is 9.53 Å². The largest absolute Gasteiger partial charge is 0.459 e. The maximum absolute atomic E-state index is 13.9. The summed E-state index contributed by atoms with van der Waals surface area (Å²) in [6, 6.07) is 21.5. The normalized spacial score (nSPS) is 29.5. The van der Waals surface area contributed by atoms with Crippen molar-refractivity contribution in [3.8, 4) is 18.2 Å². The molecule has 0 amide bonds. The van der Waals surface area contributed by atoms with Crippen molar-refractivity contribution in [2.75, 3.05) is 0 Å². The monoisotopic (exact) mass is 409 g/mol. The lowest BCUT2D eigenvalue weighted by Gasteiger charge is -2.64. The minimum atomic E-state index is -2.08. The molecule has 5 heteroatoms. The molecule has 1 atom stereocenters. The zero-order valence-electron chi connectivity index (χ0n) is 18.3. The van der Waals surface area contributed by atoms with E-state index in [9.17, 15) is 20.6 Å². The number of ether oxygens (including phenoxy) is 1. The van der Waals surface area contributed by atoms with Gasteiger partial charge in [0.2, 0.25) is 5.41 Å². The SMILES string of the molecule is CC(C)(C)OC(=O)C1(C#N)C2(C)c3ccccc3C(C)(c3ccccc32)C1(C#N)C#N. The lowest BCUT2D eigenvalue weighted by molar-refractivity contribution is -0.176. The fourth-order valence-electron chi connectivity index (χ4n) is 5.93. The Kier molecular flexibility index (Phi) is 3.97. The maximum atomic E-state index is 13.9. The Balaban J connectivity index is 2.29. The number of carbonyl (C=O) groups is 1. The molecule has 0 saturated heterocycles. The van der Waals surface area contributed by atoms with E-state index in [2.05, 4.69) is 18.2 Å². The number of esters is 1. The Labute approximate surface area is 182 Å². The molecule has 5 rings (SSSR count). The Morgan fingerprint density at radius 2 is 1.16 bits per heavy atom. The van der Waals surface area contributed by atoms with Crippen LogP contribution in [0.15, 0.2) is 48.5 Å². The van der Waals surface area contributed by atoms with E-state index in [4.69, 9.17) is 4.74 Å². The fourth-order valence-corrected chi connectivity index (χ4v) is 5.93. The van der Waals surface area contributed by atoms with Gasteiger partial charge >= 0.3 is 5.97 Å². The summed E-state index contributed by atoms with van der Waals surface area (Å²) in [6.07, 6.45) is 0. The molecule has 2 aromatic rings. The van der Waals surface area contributed by atoms with Crippen LogP contribution in [0, 0.1) is 44.8 Å². The standard InChI is InChI=1S/C26H23N3O2/c1-22(2,3)31-21(30)26(16-29)24(5)19-12-8-6-10-17(19)23(4,25(26,14-27)15-28)18-11-7-9-13-20(18)24/h6-13H,1-5H3. The van der Waals surface area contributed by atoms with Gasteiger partial charge in [-0.2, -0.15) is 15.8 Å². The Morgan fingerprint density at radius 1 is 0.774 bits per heavy atom. The van der Waals surface area contributed by atoms with Crippen LogP contribution >= 0.6 is 0 Å². The van der Waals surface area contributed by atoms with E-state index in [-0.39, 0.29) is 0 Å². The van der Waals surface area contributed by atoms with E-state index in [0.717, 1.165) is 22.3 Å². The summed E-state index contributed by atoms with van der Waals surface area (Å²) in [4.78, 5) is 13.9. The van der Waals surface area contributed by atoms with Gasteiger partial charge in [0.05, 0.1) is 29.0 Å². The molecule has 154 valence electrons. The number of hydrogen-bond donors (Lipinski definition) is 0. The number of carbonyl (C=O) groups excluding carboxylic acids is 1. The first-order valence-corrected chi connectivity index (χ1v) is 10.2. The van der Waals surface area contributed by atoms with E-state index in [0.29, 0.717) is 0 Å². The van der Waals surface area contributed by atoms with Crippen molar-refractivity contribution in [1.82, 2.24) is 0 Å². The van der Waals surface area contributed by atoms with Gasteiger partial charge in [-0.1, -0.05) is 48.5 Å². The predicted octanol–water partition coefficient (Wildman–Crippen LogP) is 4.51. The number of fused-ring (bicyclic) bond motifs is 1. The van der Waals surface area contributed by atoms with Crippen molar-refractivity contribution in [3.63, 3.8) is 0 Å². The Bertz CT molecular complexity index is 1190. The zero-order chi connectivity index (χ0) is 22.9. The second-order valence-electron chi connectivity index (χ2n) is 9.68. The van der Waals surface area contributed by atoms with Gasteiger partial charge in [0, 0.05) is 0 Å². The van der Waals surface area contributed by atoms with Crippen molar-refractivity contribution in [1.29, 1.82) is 15.8 Å². The molecule has 2 aromatic carbocycles. The van der Waals surface area contributed by atoms with Crippen molar-refractivity contribution in [2.24, 2.45) is 10.8 Å². The van der Waals surface area contributed by atoms with Gasteiger partial charge in [0.15, 0.2) is 5.41 Å². The van der Waals surface area contributed by atoms with Gasteiger partial charge in [-0.15, -0.1) is 0 Å². The number of benzene rings is 2. The second kappa shape index (κ2) is 5.96. The smallest absolute Gasteiger partial charge is 0.331 e. The number of hydrogen-bond acceptors (Lipinski definition) is 5. The van der Waals surface area contributed by atoms with Crippen LogP contribution in [-0.4, -0.2) is 11.6 Å². The van der Waals surface area contributed by atoms with Gasteiger partial charge in [0.25, 0.3) is 0 Å². The summed E-state index contributed by atoms with van der Waals surface area (Å²) >= 11 is 0. The fraction of sp³-hybridized carbons (Fsp3) is 0.385. The molecule has 5 nitrogen and oxygen atoms in total. The van der Waals surface area contributed by atoms with E-state index in [1.54, 1.807) is 34.6 Å². The molecule has 0 heterocycles. The first kappa shape index (κ1) is 20.6. The molecule has 0 saturated carbocycles. The second-order valence-corrected chi connectivity index (χ2v) is 9.68. The maximum Gasteiger partial charge on any atom is 0.331 e. The van der Waals surface area contributed by atoms with Gasteiger partial charge in [-0.05, 0) is 56.9 Å². The highest BCUT2D eigenvalue weighted by Crippen LogP contribution is 2.74. The summed E-state index contributed by atoms with van der Waals surface area (Å²) < 4.78 is 5.76. The van der Waals surface area contributed by atoms with Crippen molar-refractivity contribution in [2.45, 2.75) is 51.0 Å². The van der Waals surface area contributed by atoms with Crippen LogP contribution in [0.1, 0.15) is 56.9 Å². The predicted molar refractivity (Wildman–Crippen MR) is 113 cm³/mol. The third kappa shape index (κ3) is 1.96. The Hall–Kier alpha value is -3.62. The quantitative estimate of drug-likeness (QED) is 0.646. The molecule has 31 heavy (non-hydrogen) atoms. The molecule has 0 N–H and O–H groups in total. The molecular weight excluding hydrogens is 386 g/mol. The zero-order valence-corrected chi connectivity index (χ0v) is 18.3. The highest BCUT2D eigenvalue weighted by atomic mass is 16.6. The molecular formula is C26H23N3O2. The van der Waals surface area contributed by atoms with Crippen LogP contribution in [0.4, 0.5) is 0 Å². The molecule has 2 bridgehead atoms. The summed E-state index contributed by atoms with van der Waals surface area (Å²) in [6.45, 7) is 8.72. The van der Waals surface area contributed by atoms with Crippen LogP contribution in [0.5, 0.6) is 0 Å². The molecule has 3 aliphatic carbocycles. The molecule has 0 fully saturated rings. The van der Waals surface area contributed by atoms with Crippen molar-refractivity contribution >= 4 is 5.97 Å². The van der Waals surface area contributed by atoms with Crippen LogP contribution in [-0.2, 0) is 20.4 Å². The lowest BCUT2D eigenvalue weighted by Crippen LogP contribution is -2.72. The Morgan fingerprint density at radius 3 is 1.48 bits per heavy atom. The lowest BCUT2D eigenvalue weighted by atomic mass is 9.31. The van der Waals surface area contributed by atoms with Crippen LogP contribution < -0.4 is 0 Å². The van der Waals surface area contributed by atoms with Crippen LogP contribution in [0.25, 0.3) is 0 Å². The summed E-state index contributed by atoms with van der Waals surface area (Å²) in [7, 11) is 0. The molecule has 0 aromatic heterocycles. The molecule has 1 unspecified atom stereocenters. The van der Waals surface area contributed by atoms with E-state index in [1.165, 1.54) is 0 Å². The number of nitrogens with zero attached hydrogens (tertiary/aromatic N) is 3. The van der Waals surface area contributed by atoms with Gasteiger partial charge < -0.3 is 4.74 Å². The van der Waals surface area contributed by atoms with E-state index < -0.39 is 33.2 Å². The third-order valence-electron chi connectivity index (χ3n) is 7.28. The number of rotatable bonds is 1. The summed E-state index contributed by atoms with van der Waals surface area (Å²) in [5.41, 5.74) is -4.35.